The third kappa shape index (κ3) is 5.54. The van der Waals surface area contributed by atoms with Crippen LogP contribution in [0.25, 0.3) is 0 Å². The van der Waals surface area contributed by atoms with E-state index in [1.807, 2.05) is 45.0 Å². The standard InChI is InChI=1S/C19H30N2O2/c1-15-7-5-6-12-21(15)13-14-23-17-10-8-16(9-11-17)20-18(22)19(2,3)4/h8-11,15H,5-7,12-14H2,1-4H3,(H,20,22)/t15-/m1/s1. The average molecular weight is 318 g/mol. The summed E-state index contributed by atoms with van der Waals surface area (Å²) in [7, 11) is 0. The number of nitrogens with zero attached hydrogens (tertiary/aromatic N) is 1. The quantitative estimate of drug-likeness (QED) is 0.894. The normalized spacial score (nSPS) is 19.4. The van der Waals surface area contributed by atoms with Crippen molar-refractivity contribution in [3.63, 3.8) is 0 Å². The minimum absolute atomic E-state index is 0.0188. The number of likely N-dealkylation sites (tertiary alicyclic amines) is 1. The fraction of sp³-hybridized carbons (Fsp3) is 0.632. The van der Waals surface area contributed by atoms with Gasteiger partial charge >= 0.3 is 0 Å². The third-order valence-electron chi connectivity index (χ3n) is 4.38. The minimum Gasteiger partial charge on any atom is -0.492 e. The lowest BCUT2D eigenvalue weighted by Crippen LogP contribution is -2.39. The van der Waals surface area contributed by atoms with E-state index >= 15 is 0 Å². The highest BCUT2D eigenvalue weighted by Crippen LogP contribution is 2.20. The number of benzene rings is 1. The van der Waals surface area contributed by atoms with Crippen LogP contribution < -0.4 is 10.1 Å². The molecule has 1 amide bonds. The zero-order valence-electron chi connectivity index (χ0n) is 14.9. The monoisotopic (exact) mass is 318 g/mol. The first kappa shape index (κ1) is 17.8. The fourth-order valence-corrected chi connectivity index (χ4v) is 2.72. The van der Waals surface area contributed by atoms with Gasteiger partial charge < -0.3 is 10.1 Å². The maximum absolute atomic E-state index is 11.9. The maximum atomic E-state index is 11.9. The van der Waals surface area contributed by atoms with Crippen molar-refractivity contribution in [3.05, 3.63) is 24.3 Å². The highest BCUT2D eigenvalue weighted by atomic mass is 16.5. The van der Waals surface area contributed by atoms with Gasteiger partial charge in [-0.3, -0.25) is 9.69 Å². The first-order valence-electron chi connectivity index (χ1n) is 8.64. The summed E-state index contributed by atoms with van der Waals surface area (Å²) >= 11 is 0. The molecule has 0 aromatic heterocycles. The van der Waals surface area contributed by atoms with E-state index in [1.165, 1.54) is 25.8 Å². The Morgan fingerprint density at radius 1 is 1.26 bits per heavy atom. The molecule has 1 aromatic rings. The molecule has 23 heavy (non-hydrogen) atoms. The second-order valence-electron chi connectivity index (χ2n) is 7.46. The molecule has 0 bridgehead atoms. The van der Waals surface area contributed by atoms with Crippen LogP contribution in [0.4, 0.5) is 5.69 Å². The number of anilines is 1. The van der Waals surface area contributed by atoms with Crippen LogP contribution in [0.2, 0.25) is 0 Å². The van der Waals surface area contributed by atoms with Crippen molar-refractivity contribution < 1.29 is 9.53 Å². The molecule has 1 N–H and O–H groups in total. The molecular weight excluding hydrogens is 288 g/mol. The van der Waals surface area contributed by atoms with Crippen LogP contribution >= 0.6 is 0 Å². The van der Waals surface area contributed by atoms with Crippen molar-refractivity contribution >= 4 is 11.6 Å². The van der Waals surface area contributed by atoms with Crippen molar-refractivity contribution in [1.29, 1.82) is 0 Å². The lowest BCUT2D eigenvalue weighted by Gasteiger charge is -2.33. The van der Waals surface area contributed by atoms with Gasteiger partial charge in [0.15, 0.2) is 0 Å². The Bertz CT molecular complexity index is 505. The van der Waals surface area contributed by atoms with E-state index in [0.717, 1.165) is 18.0 Å². The van der Waals surface area contributed by atoms with Crippen LogP contribution in [0, 0.1) is 5.41 Å². The molecule has 0 spiro atoms. The van der Waals surface area contributed by atoms with E-state index < -0.39 is 0 Å². The number of ether oxygens (including phenoxy) is 1. The number of amides is 1. The molecule has 2 rings (SSSR count). The van der Waals surface area contributed by atoms with E-state index in [4.69, 9.17) is 4.74 Å². The molecule has 1 aliphatic rings. The smallest absolute Gasteiger partial charge is 0.229 e. The predicted octanol–water partition coefficient (Wildman–Crippen LogP) is 3.92. The van der Waals surface area contributed by atoms with Crippen LogP contribution in [0.1, 0.15) is 47.0 Å². The Balaban J connectivity index is 1.77. The van der Waals surface area contributed by atoms with Gasteiger partial charge in [0, 0.05) is 23.7 Å². The van der Waals surface area contributed by atoms with Crippen molar-refractivity contribution in [2.45, 2.75) is 53.0 Å². The molecule has 0 radical (unpaired) electrons. The molecule has 0 saturated carbocycles. The Kier molecular flexibility index (Phi) is 6.05. The van der Waals surface area contributed by atoms with E-state index in [-0.39, 0.29) is 11.3 Å². The summed E-state index contributed by atoms with van der Waals surface area (Å²) in [5.41, 5.74) is 0.419. The van der Waals surface area contributed by atoms with E-state index in [0.29, 0.717) is 12.6 Å². The zero-order chi connectivity index (χ0) is 16.9. The SMILES string of the molecule is C[C@@H]1CCCCN1CCOc1ccc(NC(=O)C(C)(C)C)cc1. The largest absolute Gasteiger partial charge is 0.492 e. The molecule has 1 atom stereocenters. The van der Waals surface area contributed by atoms with Crippen LogP contribution in [0.3, 0.4) is 0 Å². The zero-order valence-corrected chi connectivity index (χ0v) is 14.9. The van der Waals surface area contributed by atoms with Gasteiger partial charge in [0.1, 0.15) is 12.4 Å². The fourth-order valence-electron chi connectivity index (χ4n) is 2.72. The van der Waals surface area contributed by atoms with Gasteiger partial charge in [0.05, 0.1) is 0 Å². The topological polar surface area (TPSA) is 41.6 Å². The number of carbonyl (C=O) groups excluding carboxylic acids is 1. The minimum atomic E-state index is -0.389. The molecule has 1 aliphatic heterocycles. The number of hydrogen-bond acceptors (Lipinski definition) is 3. The van der Waals surface area contributed by atoms with Gasteiger partial charge in [-0.05, 0) is 50.6 Å². The Hall–Kier alpha value is -1.55. The molecule has 0 unspecified atom stereocenters. The van der Waals surface area contributed by atoms with E-state index in [1.54, 1.807) is 0 Å². The molecule has 128 valence electrons. The molecule has 1 saturated heterocycles. The van der Waals surface area contributed by atoms with E-state index in [9.17, 15) is 4.79 Å². The summed E-state index contributed by atoms with van der Waals surface area (Å²) in [4.78, 5) is 14.5. The summed E-state index contributed by atoms with van der Waals surface area (Å²) in [5.74, 6) is 0.869. The molecular formula is C19H30N2O2. The average Bonchev–Trinajstić information content (AvgIpc) is 2.50. The lowest BCUT2D eigenvalue weighted by molar-refractivity contribution is -0.123. The lowest BCUT2D eigenvalue weighted by atomic mass is 9.95. The highest BCUT2D eigenvalue weighted by Gasteiger charge is 2.21. The van der Waals surface area contributed by atoms with E-state index in [2.05, 4.69) is 17.1 Å². The number of nitrogens with one attached hydrogen (secondary N) is 1. The number of carbonyl (C=O) groups is 1. The van der Waals surface area contributed by atoms with Gasteiger partial charge in [0.2, 0.25) is 5.91 Å². The summed E-state index contributed by atoms with van der Waals surface area (Å²) in [5, 5.41) is 2.92. The van der Waals surface area contributed by atoms with Crippen molar-refractivity contribution in [3.8, 4) is 5.75 Å². The second kappa shape index (κ2) is 7.82. The summed E-state index contributed by atoms with van der Waals surface area (Å²) in [6.45, 7) is 10.9. The third-order valence-corrected chi connectivity index (χ3v) is 4.38. The molecule has 1 aromatic carbocycles. The maximum Gasteiger partial charge on any atom is 0.229 e. The van der Waals surface area contributed by atoms with Crippen LogP contribution in [-0.4, -0.2) is 36.5 Å². The molecule has 4 nitrogen and oxygen atoms in total. The van der Waals surface area contributed by atoms with Gasteiger partial charge in [-0.1, -0.05) is 27.2 Å². The first-order chi connectivity index (χ1) is 10.9. The van der Waals surface area contributed by atoms with Gasteiger partial charge in [0.25, 0.3) is 0 Å². The summed E-state index contributed by atoms with van der Waals surface area (Å²) < 4.78 is 5.83. The van der Waals surface area contributed by atoms with Crippen LogP contribution in [-0.2, 0) is 4.79 Å². The Morgan fingerprint density at radius 3 is 2.57 bits per heavy atom. The van der Waals surface area contributed by atoms with Gasteiger partial charge in [-0.25, -0.2) is 0 Å². The summed E-state index contributed by atoms with van der Waals surface area (Å²) in [6, 6.07) is 8.28. The van der Waals surface area contributed by atoms with Gasteiger partial charge in [-0.2, -0.15) is 0 Å². The predicted molar refractivity (Wildman–Crippen MR) is 94.9 cm³/mol. The Labute approximate surface area is 140 Å². The van der Waals surface area contributed by atoms with Gasteiger partial charge in [-0.15, -0.1) is 0 Å². The number of piperidine rings is 1. The second-order valence-corrected chi connectivity index (χ2v) is 7.46. The summed E-state index contributed by atoms with van der Waals surface area (Å²) in [6.07, 6.45) is 3.94. The highest BCUT2D eigenvalue weighted by molar-refractivity contribution is 5.94. The molecule has 1 fully saturated rings. The molecule has 0 aliphatic carbocycles. The van der Waals surface area contributed by atoms with Crippen molar-refractivity contribution in [2.75, 3.05) is 25.0 Å². The first-order valence-corrected chi connectivity index (χ1v) is 8.64. The Morgan fingerprint density at radius 2 is 1.96 bits per heavy atom. The van der Waals surface area contributed by atoms with Crippen LogP contribution in [0.15, 0.2) is 24.3 Å². The van der Waals surface area contributed by atoms with Crippen LogP contribution in [0.5, 0.6) is 5.75 Å². The number of rotatable bonds is 5. The van der Waals surface area contributed by atoms with Crippen molar-refractivity contribution in [1.82, 2.24) is 4.90 Å². The molecule has 1 heterocycles. The van der Waals surface area contributed by atoms with Crippen molar-refractivity contribution in [2.24, 2.45) is 5.41 Å². The number of hydrogen-bond donors (Lipinski definition) is 1. The molecule has 4 heteroatoms.